The Labute approximate surface area is 116 Å². The van der Waals surface area contributed by atoms with Crippen LogP contribution in [0.15, 0.2) is 17.6 Å². The molecule has 4 nitrogen and oxygen atoms in total. The van der Waals surface area contributed by atoms with E-state index in [-0.39, 0.29) is 12.1 Å². The fourth-order valence-electron chi connectivity index (χ4n) is 2.73. The van der Waals surface area contributed by atoms with Crippen LogP contribution in [-0.4, -0.2) is 22.2 Å². The molecule has 1 aromatic heterocycles. The van der Waals surface area contributed by atoms with Crippen molar-refractivity contribution in [2.24, 2.45) is 0 Å². The molecule has 3 rings (SSSR count). The van der Waals surface area contributed by atoms with Crippen LogP contribution in [-0.2, 0) is 0 Å². The van der Waals surface area contributed by atoms with E-state index in [0.29, 0.717) is 5.69 Å². The third-order valence-corrected chi connectivity index (χ3v) is 4.66. The fourth-order valence-corrected chi connectivity index (χ4v) is 3.43. The molecule has 1 heterocycles. The Morgan fingerprint density at radius 1 is 1.26 bits per heavy atom. The van der Waals surface area contributed by atoms with Crippen molar-refractivity contribution in [1.29, 1.82) is 0 Å². The minimum Gasteiger partial charge on any atom is -0.395 e. The maximum Gasteiger partial charge on any atom is 0.106 e. The van der Waals surface area contributed by atoms with E-state index in [0.717, 1.165) is 41.6 Å². The SMILES string of the molecule is Nc1c(NC2CCCCCC2O)ccc2scnc12. The van der Waals surface area contributed by atoms with Crippen LogP contribution in [0.2, 0.25) is 0 Å². The van der Waals surface area contributed by atoms with Crippen molar-refractivity contribution in [1.82, 2.24) is 4.98 Å². The Morgan fingerprint density at radius 2 is 2.11 bits per heavy atom. The van der Waals surface area contributed by atoms with Crippen LogP contribution < -0.4 is 11.1 Å². The summed E-state index contributed by atoms with van der Waals surface area (Å²) in [4.78, 5) is 4.30. The summed E-state index contributed by atoms with van der Waals surface area (Å²) in [5, 5.41) is 13.6. The predicted octanol–water partition coefficient (Wildman–Crippen LogP) is 2.98. The van der Waals surface area contributed by atoms with Gasteiger partial charge in [-0.1, -0.05) is 19.3 Å². The molecule has 2 unspecified atom stereocenters. The van der Waals surface area contributed by atoms with Gasteiger partial charge in [-0.2, -0.15) is 0 Å². The summed E-state index contributed by atoms with van der Waals surface area (Å²) < 4.78 is 1.10. The summed E-state index contributed by atoms with van der Waals surface area (Å²) in [5.41, 5.74) is 10.4. The second kappa shape index (κ2) is 5.35. The molecule has 0 amide bonds. The van der Waals surface area contributed by atoms with E-state index < -0.39 is 0 Å². The van der Waals surface area contributed by atoms with Gasteiger partial charge in [0.25, 0.3) is 0 Å². The summed E-state index contributed by atoms with van der Waals surface area (Å²) >= 11 is 1.59. The van der Waals surface area contributed by atoms with Crippen molar-refractivity contribution in [2.75, 3.05) is 11.1 Å². The molecule has 1 fully saturated rings. The van der Waals surface area contributed by atoms with Crippen molar-refractivity contribution in [3.63, 3.8) is 0 Å². The van der Waals surface area contributed by atoms with E-state index in [9.17, 15) is 5.11 Å². The molecule has 2 aromatic rings. The number of thiazole rings is 1. The zero-order valence-corrected chi connectivity index (χ0v) is 11.6. The van der Waals surface area contributed by atoms with Crippen LogP contribution >= 0.6 is 11.3 Å². The average Bonchev–Trinajstić information content (AvgIpc) is 2.80. The minimum atomic E-state index is -0.284. The number of hydrogen-bond donors (Lipinski definition) is 3. The molecule has 1 aliphatic carbocycles. The molecule has 0 saturated heterocycles. The molecule has 19 heavy (non-hydrogen) atoms. The molecular formula is C14H19N3OS. The highest BCUT2D eigenvalue weighted by atomic mass is 32.1. The summed E-state index contributed by atoms with van der Waals surface area (Å²) in [5.74, 6) is 0. The zero-order valence-electron chi connectivity index (χ0n) is 10.8. The number of nitrogens with zero attached hydrogens (tertiary/aromatic N) is 1. The van der Waals surface area contributed by atoms with E-state index >= 15 is 0 Å². The van der Waals surface area contributed by atoms with Crippen LogP contribution in [0.4, 0.5) is 11.4 Å². The van der Waals surface area contributed by atoms with Gasteiger partial charge < -0.3 is 16.2 Å². The minimum absolute atomic E-state index is 0.0980. The number of anilines is 2. The number of rotatable bonds is 2. The lowest BCUT2D eigenvalue weighted by Crippen LogP contribution is -2.32. The van der Waals surface area contributed by atoms with Gasteiger partial charge in [0.05, 0.1) is 33.7 Å². The van der Waals surface area contributed by atoms with Gasteiger partial charge in [-0.15, -0.1) is 11.3 Å². The molecule has 0 radical (unpaired) electrons. The van der Waals surface area contributed by atoms with Gasteiger partial charge in [0, 0.05) is 0 Å². The van der Waals surface area contributed by atoms with Gasteiger partial charge in [0.15, 0.2) is 0 Å². The smallest absolute Gasteiger partial charge is 0.106 e. The van der Waals surface area contributed by atoms with Crippen LogP contribution in [0.3, 0.4) is 0 Å². The number of aromatic nitrogens is 1. The molecule has 1 aliphatic rings. The Morgan fingerprint density at radius 3 is 3.00 bits per heavy atom. The number of nitrogens with two attached hydrogens (primary N) is 1. The van der Waals surface area contributed by atoms with E-state index in [4.69, 9.17) is 5.73 Å². The normalized spacial score (nSPS) is 24.3. The van der Waals surface area contributed by atoms with Gasteiger partial charge in [-0.25, -0.2) is 4.98 Å². The van der Waals surface area contributed by atoms with Gasteiger partial charge in [0.2, 0.25) is 0 Å². The highest BCUT2D eigenvalue weighted by Gasteiger charge is 2.22. The average molecular weight is 277 g/mol. The van der Waals surface area contributed by atoms with Gasteiger partial charge >= 0.3 is 0 Å². The molecule has 4 N–H and O–H groups in total. The second-order valence-electron chi connectivity index (χ2n) is 5.18. The van der Waals surface area contributed by atoms with Crippen LogP contribution in [0.1, 0.15) is 32.1 Å². The van der Waals surface area contributed by atoms with E-state index in [1.54, 1.807) is 11.3 Å². The first-order valence-electron chi connectivity index (χ1n) is 6.82. The van der Waals surface area contributed by atoms with Crippen LogP contribution in [0.25, 0.3) is 10.2 Å². The molecule has 0 spiro atoms. The largest absolute Gasteiger partial charge is 0.395 e. The third-order valence-electron chi connectivity index (χ3n) is 3.86. The van der Waals surface area contributed by atoms with Crippen molar-refractivity contribution >= 4 is 32.9 Å². The number of benzene rings is 1. The summed E-state index contributed by atoms with van der Waals surface area (Å²) in [6.45, 7) is 0. The molecule has 0 aliphatic heterocycles. The number of nitrogens with one attached hydrogen (secondary N) is 1. The number of fused-ring (bicyclic) bond motifs is 1. The highest BCUT2D eigenvalue weighted by Crippen LogP contribution is 2.31. The van der Waals surface area contributed by atoms with Gasteiger partial charge in [0.1, 0.15) is 5.52 Å². The van der Waals surface area contributed by atoms with Crippen LogP contribution in [0.5, 0.6) is 0 Å². The first-order valence-corrected chi connectivity index (χ1v) is 7.70. The van der Waals surface area contributed by atoms with Crippen molar-refractivity contribution < 1.29 is 5.11 Å². The van der Waals surface area contributed by atoms with E-state index in [1.807, 2.05) is 17.6 Å². The van der Waals surface area contributed by atoms with E-state index in [1.165, 1.54) is 6.42 Å². The summed E-state index contributed by atoms with van der Waals surface area (Å²) in [6.07, 6.45) is 5.06. The zero-order chi connectivity index (χ0) is 13.2. The quantitative estimate of drug-likeness (QED) is 0.583. The molecule has 0 bridgehead atoms. The predicted molar refractivity (Wildman–Crippen MR) is 80.5 cm³/mol. The first-order chi connectivity index (χ1) is 9.25. The lowest BCUT2D eigenvalue weighted by Gasteiger charge is -2.23. The highest BCUT2D eigenvalue weighted by molar-refractivity contribution is 7.16. The number of aliphatic hydroxyl groups excluding tert-OH is 1. The molecule has 2 atom stereocenters. The number of nitrogen functional groups attached to an aromatic ring is 1. The van der Waals surface area contributed by atoms with Crippen molar-refractivity contribution in [3.8, 4) is 0 Å². The van der Waals surface area contributed by atoms with Crippen molar-refractivity contribution in [2.45, 2.75) is 44.2 Å². The Hall–Kier alpha value is -1.33. The molecule has 5 heteroatoms. The Balaban J connectivity index is 1.85. The number of aliphatic hydroxyl groups is 1. The van der Waals surface area contributed by atoms with E-state index in [2.05, 4.69) is 10.3 Å². The Kier molecular flexibility index (Phi) is 3.57. The molecule has 1 saturated carbocycles. The Bertz CT molecular complexity index is 569. The maximum atomic E-state index is 10.2. The third kappa shape index (κ3) is 2.53. The topological polar surface area (TPSA) is 71.2 Å². The molecule has 1 aromatic carbocycles. The standard InChI is InChI=1S/C14H19N3OS/c15-13-10(6-7-12-14(13)16-8-19-12)17-9-4-2-1-3-5-11(9)18/h6-9,11,17-18H,1-5,15H2. The van der Waals surface area contributed by atoms with Crippen LogP contribution in [0, 0.1) is 0 Å². The summed E-state index contributed by atoms with van der Waals surface area (Å²) in [7, 11) is 0. The molecular weight excluding hydrogens is 258 g/mol. The van der Waals surface area contributed by atoms with Gasteiger partial charge in [-0.3, -0.25) is 0 Å². The number of hydrogen-bond acceptors (Lipinski definition) is 5. The fraction of sp³-hybridized carbons (Fsp3) is 0.500. The second-order valence-corrected chi connectivity index (χ2v) is 6.07. The lowest BCUT2D eigenvalue weighted by atomic mass is 10.1. The lowest BCUT2D eigenvalue weighted by molar-refractivity contribution is 0.144. The monoisotopic (exact) mass is 277 g/mol. The van der Waals surface area contributed by atoms with Crippen molar-refractivity contribution in [3.05, 3.63) is 17.6 Å². The molecule has 102 valence electrons. The summed E-state index contributed by atoms with van der Waals surface area (Å²) in [6, 6.07) is 4.13. The first kappa shape index (κ1) is 12.7. The maximum absolute atomic E-state index is 10.2. The van der Waals surface area contributed by atoms with Gasteiger partial charge in [-0.05, 0) is 25.0 Å².